The zero-order valence-corrected chi connectivity index (χ0v) is 12.8. The van der Waals surface area contributed by atoms with Crippen molar-refractivity contribution in [2.75, 3.05) is 16.4 Å². The van der Waals surface area contributed by atoms with Gasteiger partial charge in [0.1, 0.15) is 0 Å². The molecule has 2 rings (SSSR count). The molecular formula is C16H16ClN3O2. The molecule has 6 heteroatoms. The Kier molecular flexibility index (Phi) is 5.01. The van der Waals surface area contributed by atoms with Gasteiger partial charge in [-0.05, 0) is 36.2 Å². The van der Waals surface area contributed by atoms with Crippen molar-refractivity contribution in [2.45, 2.75) is 13.3 Å². The molecule has 0 saturated carbocycles. The fourth-order valence-electron chi connectivity index (χ4n) is 1.94. The maximum atomic E-state index is 12.0. The lowest BCUT2D eigenvalue weighted by Crippen LogP contribution is -2.29. The number of carbonyl (C=O) groups excluding carboxylic acids is 2. The first-order chi connectivity index (χ1) is 10.5. The lowest BCUT2D eigenvalue weighted by Gasteiger charge is -2.10. The number of nitrogens with one attached hydrogen (secondary N) is 2. The fraction of sp³-hybridized carbons (Fsp3) is 0.125. The minimum absolute atomic E-state index is 0.273. The van der Waals surface area contributed by atoms with Crippen LogP contribution in [0.5, 0.6) is 0 Å². The molecule has 0 spiro atoms. The minimum Gasteiger partial charge on any atom is -0.399 e. The molecule has 0 aliphatic heterocycles. The van der Waals surface area contributed by atoms with Crippen LogP contribution >= 0.6 is 11.6 Å². The summed E-state index contributed by atoms with van der Waals surface area (Å²) < 4.78 is 0. The van der Waals surface area contributed by atoms with Crippen LogP contribution in [0.1, 0.15) is 12.5 Å². The van der Waals surface area contributed by atoms with Gasteiger partial charge in [0.2, 0.25) is 0 Å². The molecule has 114 valence electrons. The van der Waals surface area contributed by atoms with Crippen LogP contribution in [-0.2, 0) is 16.0 Å². The van der Waals surface area contributed by atoms with E-state index in [1.807, 2.05) is 19.1 Å². The number of aryl methyl sites for hydroxylation is 1. The monoisotopic (exact) mass is 317 g/mol. The Balaban J connectivity index is 2.08. The second kappa shape index (κ2) is 6.95. The molecule has 2 amide bonds. The maximum absolute atomic E-state index is 12.0. The number of anilines is 3. The van der Waals surface area contributed by atoms with E-state index in [0.29, 0.717) is 17.1 Å². The maximum Gasteiger partial charge on any atom is 0.314 e. The highest BCUT2D eigenvalue weighted by molar-refractivity contribution is 6.44. The van der Waals surface area contributed by atoms with Gasteiger partial charge in [-0.15, -0.1) is 0 Å². The molecular weight excluding hydrogens is 302 g/mol. The van der Waals surface area contributed by atoms with Gasteiger partial charge in [0.15, 0.2) is 0 Å². The van der Waals surface area contributed by atoms with E-state index in [1.54, 1.807) is 24.3 Å². The number of hydrogen-bond donors (Lipinski definition) is 3. The summed E-state index contributed by atoms with van der Waals surface area (Å²) in [5, 5.41) is 5.32. The second-order valence-electron chi connectivity index (χ2n) is 4.66. The summed E-state index contributed by atoms with van der Waals surface area (Å²) in [5.41, 5.74) is 7.96. The highest BCUT2D eigenvalue weighted by atomic mass is 35.5. The lowest BCUT2D eigenvalue weighted by molar-refractivity contribution is -0.133. The van der Waals surface area contributed by atoms with Gasteiger partial charge in [0, 0.05) is 11.4 Å². The van der Waals surface area contributed by atoms with E-state index in [2.05, 4.69) is 10.6 Å². The van der Waals surface area contributed by atoms with Gasteiger partial charge in [-0.3, -0.25) is 9.59 Å². The van der Waals surface area contributed by atoms with Crippen molar-refractivity contribution in [3.8, 4) is 0 Å². The summed E-state index contributed by atoms with van der Waals surface area (Å²) in [4.78, 5) is 23.9. The Morgan fingerprint density at radius 3 is 2.32 bits per heavy atom. The summed E-state index contributed by atoms with van der Waals surface area (Å²) in [6, 6.07) is 12.0. The Hall–Kier alpha value is -2.53. The quantitative estimate of drug-likeness (QED) is 0.601. The van der Waals surface area contributed by atoms with Crippen LogP contribution in [0, 0.1) is 0 Å². The Morgan fingerprint density at radius 1 is 1.05 bits per heavy atom. The van der Waals surface area contributed by atoms with E-state index in [0.717, 1.165) is 12.0 Å². The van der Waals surface area contributed by atoms with Gasteiger partial charge in [0.05, 0.1) is 10.7 Å². The minimum atomic E-state index is -0.794. The van der Waals surface area contributed by atoms with Gasteiger partial charge in [-0.2, -0.15) is 0 Å². The zero-order valence-electron chi connectivity index (χ0n) is 12.0. The number of hydrogen-bond acceptors (Lipinski definition) is 3. The highest BCUT2D eigenvalue weighted by Crippen LogP contribution is 2.24. The number of nitrogen functional groups attached to an aromatic ring is 1. The predicted molar refractivity (Wildman–Crippen MR) is 88.9 cm³/mol. The van der Waals surface area contributed by atoms with Gasteiger partial charge in [-0.1, -0.05) is 36.7 Å². The molecule has 2 aromatic rings. The molecule has 0 unspecified atom stereocenters. The molecule has 0 aliphatic carbocycles. The second-order valence-corrected chi connectivity index (χ2v) is 5.07. The number of benzene rings is 2. The van der Waals surface area contributed by atoms with Crippen LogP contribution in [0.15, 0.2) is 42.5 Å². The van der Waals surface area contributed by atoms with Crippen molar-refractivity contribution >= 4 is 40.5 Å². The van der Waals surface area contributed by atoms with Gasteiger partial charge in [-0.25, -0.2) is 0 Å². The van der Waals surface area contributed by atoms with Crippen LogP contribution in [0.25, 0.3) is 0 Å². The molecule has 0 radical (unpaired) electrons. The van der Waals surface area contributed by atoms with E-state index in [1.165, 1.54) is 6.07 Å². The molecule has 5 nitrogen and oxygen atoms in total. The molecule has 0 fully saturated rings. The largest absolute Gasteiger partial charge is 0.399 e. The summed E-state index contributed by atoms with van der Waals surface area (Å²) in [6.07, 6.45) is 0.752. The van der Waals surface area contributed by atoms with E-state index in [9.17, 15) is 9.59 Å². The number of para-hydroxylation sites is 1. The predicted octanol–water partition coefficient (Wildman–Crippen LogP) is 3.06. The number of rotatable bonds is 3. The average molecular weight is 318 g/mol. The Labute approximate surface area is 133 Å². The van der Waals surface area contributed by atoms with Crippen LogP contribution in [0.3, 0.4) is 0 Å². The first-order valence-electron chi connectivity index (χ1n) is 6.76. The first kappa shape index (κ1) is 15.9. The topological polar surface area (TPSA) is 84.2 Å². The van der Waals surface area contributed by atoms with E-state index >= 15 is 0 Å². The molecule has 0 heterocycles. The molecule has 0 aliphatic rings. The summed E-state index contributed by atoms with van der Waals surface area (Å²) in [6.45, 7) is 1.97. The lowest BCUT2D eigenvalue weighted by atomic mass is 10.1. The van der Waals surface area contributed by atoms with Crippen LogP contribution in [0.2, 0.25) is 5.02 Å². The van der Waals surface area contributed by atoms with Gasteiger partial charge >= 0.3 is 11.8 Å². The van der Waals surface area contributed by atoms with Gasteiger partial charge < -0.3 is 16.4 Å². The number of carbonyl (C=O) groups is 2. The van der Waals surface area contributed by atoms with Crippen LogP contribution < -0.4 is 16.4 Å². The van der Waals surface area contributed by atoms with Crippen LogP contribution in [-0.4, -0.2) is 11.8 Å². The number of nitrogens with two attached hydrogens (primary N) is 1. The van der Waals surface area contributed by atoms with E-state index in [-0.39, 0.29) is 5.02 Å². The summed E-state index contributed by atoms with van der Waals surface area (Å²) in [5.74, 6) is -1.55. The third-order valence-electron chi connectivity index (χ3n) is 3.09. The average Bonchev–Trinajstić information content (AvgIpc) is 2.50. The van der Waals surface area contributed by atoms with E-state index < -0.39 is 11.8 Å². The SMILES string of the molecule is CCc1ccccc1NC(=O)C(=O)Nc1ccc(N)cc1Cl. The zero-order chi connectivity index (χ0) is 16.1. The third-order valence-corrected chi connectivity index (χ3v) is 3.41. The van der Waals surface area contributed by atoms with Crippen molar-refractivity contribution in [3.05, 3.63) is 53.1 Å². The molecule has 0 saturated heterocycles. The summed E-state index contributed by atoms with van der Waals surface area (Å²) >= 11 is 5.96. The fourth-order valence-corrected chi connectivity index (χ4v) is 2.18. The normalized spacial score (nSPS) is 10.1. The standard InChI is InChI=1S/C16H16ClN3O2/c1-2-10-5-3-4-6-13(10)19-15(21)16(22)20-14-8-7-11(18)9-12(14)17/h3-9H,2,18H2,1H3,(H,19,21)(H,20,22). The van der Waals surface area contributed by atoms with E-state index in [4.69, 9.17) is 17.3 Å². The number of amides is 2. The molecule has 4 N–H and O–H groups in total. The Bertz CT molecular complexity index is 716. The van der Waals surface area contributed by atoms with Crippen molar-refractivity contribution < 1.29 is 9.59 Å². The molecule has 0 atom stereocenters. The van der Waals surface area contributed by atoms with Crippen molar-refractivity contribution in [1.29, 1.82) is 0 Å². The molecule has 0 aromatic heterocycles. The van der Waals surface area contributed by atoms with Crippen LogP contribution in [0.4, 0.5) is 17.1 Å². The highest BCUT2D eigenvalue weighted by Gasteiger charge is 2.16. The number of halogens is 1. The molecule has 0 bridgehead atoms. The van der Waals surface area contributed by atoms with Crippen molar-refractivity contribution in [2.24, 2.45) is 0 Å². The Morgan fingerprint density at radius 2 is 1.68 bits per heavy atom. The third kappa shape index (κ3) is 3.77. The summed E-state index contributed by atoms with van der Waals surface area (Å²) in [7, 11) is 0. The van der Waals surface area contributed by atoms with Crippen molar-refractivity contribution in [1.82, 2.24) is 0 Å². The molecule has 2 aromatic carbocycles. The van der Waals surface area contributed by atoms with Crippen molar-refractivity contribution in [3.63, 3.8) is 0 Å². The smallest absolute Gasteiger partial charge is 0.314 e. The molecule has 22 heavy (non-hydrogen) atoms. The van der Waals surface area contributed by atoms with Gasteiger partial charge in [0.25, 0.3) is 0 Å². The first-order valence-corrected chi connectivity index (χ1v) is 7.14.